The Hall–Kier alpha value is -2.45. The molecule has 1 saturated heterocycles. The van der Waals surface area contributed by atoms with Crippen LogP contribution in [0.4, 0.5) is 23.7 Å². The fourth-order valence-electron chi connectivity index (χ4n) is 4.49. The third-order valence-corrected chi connectivity index (χ3v) is 6.57. The molecule has 0 saturated carbocycles. The molecule has 9 heteroatoms. The van der Waals surface area contributed by atoms with Gasteiger partial charge < -0.3 is 15.4 Å². The van der Waals surface area contributed by atoms with Crippen molar-refractivity contribution in [3.8, 4) is 0 Å². The van der Waals surface area contributed by atoms with Gasteiger partial charge in [0.2, 0.25) is 0 Å². The average Bonchev–Trinajstić information content (AvgIpc) is 2.95. The number of amides is 1. The number of anilines is 1. The molecule has 2 aromatic carbocycles. The van der Waals surface area contributed by atoms with Gasteiger partial charge in [-0.25, -0.2) is 4.79 Å². The highest BCUT2D eigenvalue weighted by molar-refractivity contribution is 5.85. The summed E-state index contributed by atoms with van der Waals surface area (Å²) in [5.41, 5.74) is 3.19. The van der Waals surface area contributed by atoms with E-state index in [2.05, 4.69) is 36.6 Å². The first kappa shape index (κ1) is 25.2. The summed E-state index contributed by atoms with van der Waals surface area (Å²) in [4.78, 5) is 12.9. The average molecular weight is 484 g/mol. The first-order valence-corrected chi connectivity index (χ1v) is 10.7. The highest BCUT2D eigenvalue weighted by atomic mass is 35.5. The predicted molar refractivity (Wildman–Crippen MR) is 124 cm³/mol. The monoisotopic (exact) mass is 483 g/mol. The summed E-state index contributed by atoms with van der Waals surface area (Å²) in [6, 6.07) is 12.5. The number of hydrogen-bond acceptors (Lipinski definition) is 4. The van der Waals surface area contributed by atoms with Crippen LogP contribution in [0.25, 0.3) is 0 Å². The van der Waals surface area contributed by atoms with Gasteiger partial charge in [-0.3, -0.25) is 4.90 Å². The van der Waals surface area contributed by atoms with Crippen LogP contribution in [0, 0.1) is 0 Å². The summed E-state index contributed by atoms with van der Waals surface area (Å²) in [5, 5.41) is 6.40. The van der Waals surface area contributed by atoms with E-state index >= 15 is 0 Å². The van der Waals surface area contributed by atoms with Crippen LogP contribution in [0.2, 0.25) is 0 Å². The van der Waals surface area contributed by atoms with E-state index in [1.54, 1.807) is 12.1 Å². The number of carbonyl (C=O) groups excluding carboxylic acids is 1. The Morgan fingerprint density at radius 2 is 1.79 bits per heavy atom. The molecule has 0 radical (unpaired) electrons. The van der Waals surface area contributed by atoms with Gasteiger partial charge in [0, 0.05) is 37.3 Å². The van der Waals surface area contributed by atoms with Gasteiger partial charge >= 0.3 is 12.3 Å². The molecule has 2 atom stereocenters. The SMILES string of the molecule is CN(C(=O)OC1CNC1)C(c1ccc(NC2Cc3ccccc3C2(C)C)cc1)C(F)(F)F.Cl. The second-order valence-corrected chi connectivity index (χ2v) is 9.12. The number of nitrogens with one attached hydrogen (secondary N) is 2. The number of alkyl halides is 3. The Kier molecular flexibility index (Phi) is 7.19. The van der Waals surface area contributed by atoms with E-state index in [0.717, 1.165) is 19.2 Å². The van der Waals surface area contributed by atoms with Crippen molar-refractivity contribution < 1.29 is 22.7 Å². The van der Waals surface area contributed by atoms with Gasteiger partial charge in [-0.2, -0.15) is 13.2 Å². The first-order valence-electron chi connectivity index (χ1n) is 10.7. The molecule has 2 aromatic rings. The zero-order valence-electron chi connectivity index (χ0n) is 18.8. The van der Waals surface area contributed by atoms with Crippen LogP contribution in [0.3, 0.4) is 0 Å². The Morgan fingerprint density at radius 3 is 2.33 bits per heavy atom. The molecule has 2 N–H and O–H groups in total. The maximum absolute atomic E-state index is 13.9. The summed E-state index contributed by atoms with van der Waals surface area (Å²) in [6.07, 6.45) is -5.15. The molecule has 0 spiro atoms. The van der Waals surface area contributed by atoms with Gasteiger partial charge in [0.15, 0.2) is 6.04 Å². The van der Waals surface area contributed by atoms with Crippen LogP contribution in [-0.4, -0.2) is 49.5 Å². The quantitative estimate of drug-likeness (QED) is 0.623. The molecule has 2 aliphatic rings. The summed E-state index contributed by atoms with van der Waals surface area (Å²) in [6.45, 7) is 5.25. The lowest BCUT2D eigenvalue weighted by molar-refractivity contribution is -0.179. The van der Waals surface area contributed by atoms with Gasteiger partial charge in [0.05, 0.1) is 0 Å². The van der Waals surface area contributed by atoms with E-state index in [0.29, 0.717) is 18.0 Å². The smallest absolute Gasteiger partial charge is 0.413 e. The third kappa shape index (κ3) is 5.06. The molecule has 1 fully saturated rings. The molecule has 4 rings (SSSR count). The minimum Gasteiger partial charge on any atom is -0.443 e. The first-order chi connectivity index (χ1) is 15.1. The van der Waals surface area contributed by atoms with Crippen LogP contribution >= 0.6 is 12.4 Å². The predicted octanol–water partition coefficient (Wildman–Crippen LogP) is 5.07. The van der Waals surface area contributed by atoms with Crippen molar-refractivity contribution in [2.24, 2.45) is 0 Å². The van der Waals surface area contributed by atoms with Crippen LogP contribution in [0.5, 0.6) is 0 Å². The molecule has 1 heterocycles. The molecular formula is C24H29ClF3N3O2. The van der Waals surface area contributed by atoms with Gasteiger partial charge in [-0.15, -0.1) is 12.4 Å². The Bertz CT molecular complexity index is 978. The molecule has 1 aliphatic carbocycles. The van der Waals surface area contributed by atoms with Crippen molar-refractivity contribution in [3.63, 3.8) is 0 Å². The number of benzene rings is 2. The summed E-state index contributed by atoms with van der Waals surface area (Å²) in [7, 11) is 1.12. The normalized spacial score (nSPS) is 20.1. The molecular weight excluding hydrogens is 455 g/mol. The van der Waals surface area contributed by atoms with Gasteiger partial charge in [0.25, 0.3) is 0 Å². The molecule has 0 aromatic heterocycles. The summed E-state index contributed by atoms with van der Waals surface area (Å²) in [5.74, 6) is 0. The fraction of sp³-hybridized carbons (Fsp3) is 0.458. The van der Waals surface area contributed by atoms with E-state index in [1.165, 1.54) is 23.3 Å². The van der Waals surface area contributed by atoms with E-state index in [4.69, 9.17) is 4.74 Å². The number of ether oxygens (including phenoxy) is 1. The minimum absolute atomic E-state index is 0. The lowest BCUT2D eigenvalue weighted by Crippen LogP contribution is -2.51. The van der Waals surface area contributed by atoms with Crippen molar-refractivity contribution in [1.29, 1.82) is 0 Å². The Balaban J connectivity index is 0.00000306. The second-order valence-electron chi connectivity index (χ2n) is 9.12. The Labute approximate surface area is 198 Å². The molecule has 5 nitrogen and oxygen atoms in total. The maximum atomic E-state index is 13.9. The Morgan fingerprint density at radius 1 is 1.15 bits per heavy atom. The van der Waals surface area contributed by atoms with E-state index in [-0.39, 0.29) is 35.5 Å². The molecule has 0 bridgehead atoms. The summed E-state index contributed by atoms with van der Waals surface area (Å²) >= 11 is 0. The van der Waals surface area contributed by atoms with Gasteiger partial charge in [-0.1, -0.05) is 50.2 Å². The van der Waals surface area contributed by atoms with E-state index in [9.17, 15) is 18.0 Å². The molecule has 1 aliphatic heterocycles. The van der Waals surface area contributed by atoms with Crippen molar-refractivity contribution >= 4 is 24.2 Å². The van der Waals surface area contributed by atoms with Crippen LogP contribution < -0.4 is 10.6 Å². The van der Waals surface area contributed by atoms with Crippen molar-refractivity contribution in [1.82, 2.24) is 10.2 Å². The molecule has 1 amide bonds. The minimum atomic E-state index is -4.63. The van der Waals surface area contributed by atoms with Crippen LogP contribution in [-0.2, 0) is 16.6 Å². The molecule has 180 valence electrons. The van der Waals surface area contributed by atoms with Crippen LogP contribution in [0.15, 0.2) is 48.5 Å². The van der Waals surface area contributed by atoms with Crippen LogP contribution in [0.1, 0.15) is 36.6 Å². The lowest BCUT2D eigenvalue weighted by Gasteiger charge is -2.33. The number of carbonyl (C=O) groups is 1. The fourth-order valence-corrected chi connectivity index (χ4v) is 4.49. The highest BCUT2D eigenvalue weighted by Gasteiger charge is 2.46. The zero-order valence-corrected chi connectivity index (χ0v) is 19.6. The van der Waals surface area contributed by atoms with E-state index < -0.39 is 18.3 Å². The third-order valence-electron chi connectivity index (χ3n) is 6.57. The highest BCUT2D eigenvalue weighted by Crippen LogP contribution is 2.41. The lowest BCUT2D eigenvalue weighted by atomic mass is 9.83. The zero-order chi connectivity index (χ0) is 23.1. The number of rotatable bonds is 5. The largest absolute Gasteiger partial charge is 0.443 e. The maximum Gasteiger partial charge on any atom is 0.413 e. The van der Waals surface area contributed by atoms with Crippen molar-refractivity contribution in [2.75, 3.05) is 25.5 Å². The van der Waals surface area contributed by atoms with E-state index in [1.807, 2.05) is 12.1 Å². The van der Waals surface area contributed by atoms with Gasteiger partial charge in [0.1, 0.15) is 6.10 Å². The van der Waals surface area contributed by atoms with Crippen molar-refractivity contribution in [2.45, 2.75) is 50.0 Å². The topological polar surface area (TPSA) is 53.6 Å². The second kappa shape index (κ2) is 9.43. The molecule has 2 unspecified atom stereocenters. The summed E-state index contributed by atoms with van der Waals surface area (Å²) < 4.78 is 46.7. The number of hydrogen-bond donors (Lipinski definition) is 2. The molecule has 33 heavy (non-hydrogen) atoms. The van der Waals surface area contributed by atoms with Crippen molar-refractivity contribution in [3.05, 3.63) is 65.2 Å². The standard InChI is InChI=1S/C24H28F3N3O2.ClH/c1-23(2)19-7-5-4-6-16(19)12-20(23)29-17-10-8-15(9-11-17)21(24(25,26)27)30(3)22(31)32-18-13-28-14-18;/h4-11,18,20-21,28-29H,12-14H2,1-3H3;1H. The van der Waals surface area contributed by atoms with Gasteiger partial charge in [-0.05, 0) is 35.2 Å². The number of fused-ring (bicyclic) bond motifs is 1. The number of nitrogens with zero attached hydrogens (tertiary/aromatic N) is 1. The number of halogens is 4.